The average molecular weight is 519 g/mol. The minimum Gasteiger partial charge on any atom is -0.383 e. The Bertz CT molecular complexity index is 1430. The molecule has 200 valence electrons. The van der Waals surface area contributed by atoms with Gasteiger partial charge in [0.05, 0.1) is 35.1 Å². The predicted molar refractivity (Wildman–Crippen MR) is 143 cm³/mol. The van der Waals surface area contributed by atoms with Crippen molar-refractivity contribution in [3.05, 3.63) is 53.5 Å². The number of amides is 1. The van der Waals surface area contributed by atoms with Gasteiger partial charge in [0.1, 0.15) is 5.82 Å². The highest BCUT2D eigenvalue weighted by Crippen LogP contribution is 2.26. The topological polar surface area (TPSA) is 128 Å². The Hall–Kier alpha value is -3.90. The van der Waals surface area contributed by atoms with E-state index in [-0.39, 0.29) is 5.91 Å². The van der Waals surface area contributed by atoms with Crippen molar-refractivity contribution in [2.75, 3.05) is 38.7 Å². The van der Waals surface area contributed by atoms with Crippen LogP contribution >= 0.6 is 0 Å². The molecule has 0 aromatic carbocycles. The number of hydrogen-bond donors (Lipinski definition) is 2. The number of methoxy groups -OCH3 is 1. The zero-order chi connectivity index (χ0) is 26.6. The lowest BCUT2D eigenvalue weighted by atomic mass is 10.2. The molecular formula is C26H34N10O2. The largest absolute Gasteiger partial charge is 0.383 e. The first-order chi connectivity index (χ1) is 18.4. The summed E-state index contributed by atoms with van der Waals surface area (Å²) in [4.78, 5) is 29.0. The summed E-state index contributed by atoms with van der Waals surface area (Å²) >= 11 is 0. The van der Waals surface area contributed by atoms with Gasteiger partial charge in [-0.25, -0.2) is 14.6 Å². The quantitative estimate of drug-likeness (QED) is 0.324. The Morgan fingerprint density at radius 3 is 2.87 bits per heavy atom. The number of nitrogens with zero attached hydrogens (tertiary/aromatic N) is 8. The molecule has 12 nitrogen and oxygen atoms in total. The number of ether oxygens (including phenoxy) is 1. The van der Waals surface area contributed by atoms with Gasteiger partial charge in [0.15, 0.2) is 11.5 Å². The number of fused-ring (bicyclic) bond motifs is 1. The van der Waals surface area contributed by atoms with Crippen molar-refractivity contribution in [2.45, 2.75) is 32.2 Å². The molecule has 1 amide bonds. The fourth-order valence-corrected chi connectivity index (χ4v) is 4.89. The standard InChI is InChI=1S/C26H34N10O2/c1-17-22(11-19(13-28-17)26(37)27-7-9-36-8-5-6-20(36)16-38-4)31-24-21-14-29-23(32-25(21)35(3)33-24)10-18-12-30-34(2)15-18/h11-15,20H,5-10,16H2,1-4H3,(H,27,37)(H,31,33). The van der Waals surface area contributed by atoms with Crippen LogP contribution < -0.4 is 10.6 Å². The number of anilines is 2. The molecule has 38 heavy (non-hydrogen) atoms. The summed E-state index contributed by atoms with van der Waals surface area (Å²) in [5.74, 6) is 1.15. The van der Waals surface area contributed by atoms with E-state index in [0.717, 1.165) is 54.8 Å². The zero-order valence-corrected chi connectivity index (χ0v) is 22.3. The van der Waals surface area contributed by atoms with E-state index in [0.29, 0.717) is 41.9 Å². The second-order valence-electron chi connectivity index (χ2n) is 9.72. The molecule has 4 aromatic rings. The lowest BCUT2D eigenvalue weighted by molar-refractivity contribution is 0.0931. The number of rotatable bonds is 10. The Kier molecular flexibility index (Phi) is 7.61. The van der Waals surface area contributed by atoms with Gasteiger partial charge in [0.2, 0.25) is 0 Å². The maximum atomic E-state index is 12.9. The molecular weight excluding hydrogens is 484 g/mol. The minimum atomic E-state index is -0.155. The third-order valence-corrected chi connectivity index (χ3v) is 6.90. The molecule has 1 atom stereocenters. The van der Waals surface area contributed by atoms with Crippen molar-refractivity contribution in [2.24, 2.45) is 14.1 Å². The van der Waals surface area contributed by atoms with Gasteiger partial charge in [-0.1, -0.05) is 0 Å². The van der Waals surface area contributed by atoms with Crippen molar-refractivity contribution in [1.82, 2.24) is 44.7 Å². The number of hydrogen-bond acceptors (Lipinski definition) is 9. The second-order valence-corrected chi connectivity index (χ2v) is 9.72. The summed E-state index contributed by atoms with van der Waals surface area (Å²) in [7, 11) is 5.46. The van der Waals surface area contributed by atoms with Crippen LogP contribution in [0, 0.1) is 6.92 Å². The third kappa shape index (κ3) is 5.65. The molecule has 0 bridgehead atoms. The summed E-state index contributed by atoms with van der Waals surface area (Å²) in [6.07, 6.45) is 10.0. The van der Waals surface area contributed by atoms with E-state index in [1.165, 1.54) is 0 Å². The first-order valence-corrected chi connectivity index (χ1v) is 12.8. The van der Waals surface area contributed by atoms with Gasteiger partial charge in [-0.05, 0) is 37.9 Å². The summed E-state index contributed by atoms with van der Waals surface area (Å²) in [5, 5.41) is 16.0. The molecule has 5 rings (SSSR count). The van der Waals surface area contributed by atoms with Crippen molar-refractivity contribution >= 4 is 28.4 Å². The molecule has 0 aliphatic carbocycles. The lowest BCUT2D eigenvalue weighted by Gasteiger charge is -2.23. The first-order valence-electron chi connectivity index (χ1n) is 12.8. The van der Waals surface area contributed by atoms with E-state index in [2.05, 4.69) is 35.7 Å². The van der Waals surface area contributed by atoms with Crippen molar-refractivity contribution in [3.63, 3.8) is 0 Å². The number of pyridine rings is 1. The van der Waals surface area contributed by atoms with E-state index >= 15 is 0 Å². The summed E-state index contributed by atoms with van der Waals surface area (Å²) in [6, 6.07) is 2.23. The molecule has 0 spiro atoms. The minimum absolute atomic E-state index is 0.155. The zero-order valence-electron chi connectivity index (χ0n) is 22.3. The fourth-order valence-electron chi connectivity index (χ4n) is 4.89. The van der Waals surface area contributed by atoms with Gasteiger partial charge >= 0.3 is 0 Å². The van der Waals surface area contributed by atoms with E-state index in [9.17, 15) is 4.79 Å². The van der Waals surface area contributed by atoms with E-state index in [4.69, 9.17) is 9.72 Å². The van der Waals surface area contributed by atoms with Crippen LogP contribution in [0.4, 0.5) is 11.5 Å². The number of aryl methyl sites for hydroxylation is 3. The molecule has 12 heteroatoms. The van der Waals surface area contributed by atoms with E-state index < -0.39 is 0 Å². The monoisotopic (exact) mass is 518 g/mol. The third-order valence-electron chi connectivity index (χ3n) is 6.90. The van der Waals surface area contributed by atoms with Crippen molar-refractivity contribution < 1.29 is 9.53 Å². The van der Waals surface area contributed by atoms with Gasteiger partial charge in [-0.3, -0.25) is 19.4 Å². The SMILES string of the molecule is COCC1CCCN1CCNC(=O)c1cnc(C)c(Nc2nn(C)c3nc(Cc4cnn(C)c4)ncc23)c1. The fraction of sp³-hybridized carbons (Fsp3) is 0.462. The molecule has 1 fully saturated rings. The number of likely N-dealkylation sites (tertiary alicyclic amines) is 1. The highest BCUT2D eigenvalue weighted by Gasteiger charge is 2.24. The Labute approximate surface area is 221 Å². The van der Waals surface area contributed by atoms with E-state index in [1.54, 1.807) is 34.9 Å². The van der Waals surface area contributed by atoms with Gasteiger partial charge in [0.25, 0.3) is 5.91 Å². The summed E-state index contributed by atoms with van der Waals surface area (Å²) < 4.78 is 8.81. The second kappa shape index (κ2) is 11.2. The van der Waals surface area contributed by atoms with Crippen molar-refractivity contribution in [3.8, 4) is 0 Å². The van der Waals surface area contributed by atoms with Gasteiger partial charge < -0.3 is 15.4 Å². The van der Waals surface area contributed by atoms with Gasteiger partial charge in [-0.15, -0.1) is 0 Å². The Morgan fingerprint density at radius 2 is 2.08 bits per heavy atom. The molecule has 1 unspecified atom stereocenters. The number of nitrogens with one attached hydrogen (secondary N) is 2. The average Bonchev–Trinajstić information content (AvgIpc) is 3.60. The molecule has 5 heterocycles. The van der Waals surface area contributed by atoms with Gasteiger partial charge in [0, 0.05) is 65.3 Å². The number of carbonyl (C=O) groups excluding carboxylic acids is 1. The maximum Gasteiger partial charge on any atom is 0.252 e. The van der Waals surface area contributed by atoms with Crippen LogP contribution in [0.5, 0.6) is 0 Å². The molecule has 4 aromatic heterocycles. The smallest absolute Gasteiger partial charge is 0.252 e. The predicted octanol–water partition coefficient (Wildman–Crippen LogP) is 1.98. The normalized spacial score (nSPS) is 15.8. The van der Waals surface area contributed by atoms with Crippen LogP contribution in [0.1, 0.15) is 40.3 Å². The van der Waals surface area contributed by atoms with E-state index in [1.807, 2.05) is 33.4 Å². The molecule has 1 saturated heterocycles. The van der Waals surface area contributed by atoms with Crippen molar-refractivity contribution in [1.29, 1.82) is 0 Å². The maximum absolute atomic E-state index is 12.9. The number of aromatic nitrogens is 7. The van der Waals surface area contributed by atoms with Crippen LogP contribution in [0.25, 0.3) is 11.0 Å². The van der Waals surface area contributed by atoms with Crippen LogP contribution in [0.2, 0.25) is 0 Å². The Morgan fingerprint density at radius 1 is 1.21 bits per heavy atom. The molecule has 1 aliphatic rings. The summed E-state index contributed by atoms with van der Waals surface area (Å²) in [5.41, 5.74) is 3.71. The van der Waals surface area contributed by atoms with Crippen LogP contribution in [-0.4, -0.2) is 84.7 Å². The van der Waals surface area contributed by atoms with Gasteiger partial charge in [-0.2, -0.15) is 10.2 Å². The molecule has 2 N–H and O–H groups in total. The lowest BCUT2D eigenvalue weighted by Crippen LogP contribution is -2.39. The van der Waals surface area contributed by atoms with Crippen LogP contribution in [-0.2, 0) is 25.3 Å². The highest BCUT2D eigenvalue weighted by molar-refractivity contribution is 5.95. The Balaban J connectivity index is 1.26. The molecule has 1 aliphatic heterocycles. The van der Waals surface area contributed by atoms with Crippen LogP contribution in [0.15, 0.2) is 30.9 Å². The first kappa shape index (κ1) is 25.7. The molecule has 0 radical (unpaired) electrons. The highest BCUT2D eigenvalue weighted by atomic mass is 16.5. The van der Waals surface area contributed by atoms with Crippen LogP contribution in [0.3, 0.4) is 0 Å². The summed E-state index contributed by atoms with van der Waals surface area (Å²) in [6.45, 7) is 5.02. The molecule has 0 saturated carbocycles. The number of carbonyl (C=O) groups is 1.